The van der Waals surface area contributed by atoms with Crippen molar-refractivity contribution < 1.29 is 0 Å². The van der Waals surface area contributed by atoms with E-state index in [9.17, 15) is 0 Å². The van der Waals surface area contributed by atoms with Crippen LogP contribution in [0.3, 0.4) is 0 Å². The number of fused-ring (bicyclic) bond motifs is 3. The molecular formula is C21H22ClN. The van der Waals surface area contributed by atoms with Crippen LogP contribution >= 0.6 is 11.6 Å². The Morgan fingerprint density at radius 2 is 1.87 bits per heavy atom. The Kier molecular flexibility index (Phi) is 3.69. The fraction of sp³-hybridized carbons (Fsp3) is 0.333. The molecule has 0 amide bonds. The molecule has 1 aliphatic heterocycles. The standard InChI is InChI=1S/C21H22ClN/c1-13(2)16-5-3-8-19-17-6-4-7-18(17)20(23-21(16)19)14-9-11-15(22)12-10-14/h3-6,8-13,17-18,20,23H,7H2,1-2H3/t17-,18+,20+/m0/s1. The first-order valence-corrected chi connectivity index (χ1v) is 8.84. The summed E-state index contributed by atoms with van der Waals surface area (Å²) >= 11 is 6.08. The van der Waals surface area contributed by atoms with Crippen molar-refractivity contribution in [2.24, 2.45) is 5.92 Å². The van der Waals surface area contributed by atoms with Gasteiger partial charge < -0.3 is 5.32 Å². The molecular weight excluding hydrogens is 302 g/mol. The summed E-state index contributed by atoms with van der Waals surface area (Å²) in [5.74, 6) is 1.63. The minimum Gasteiger partial charge on any atom is -0.377 e. The Bertz CT molecular complexity index is 745. The lowest BCUT2D eigenvalue weighted by Crippen LogP contribution is -2.29. The number of nitrogens with one attached hydrogen (secondary N) is 1. The van der Waals surface area contributed by atoms with Crippen LogP contribution < -0.4 is 5.32 Å². The Balaban J connectivity index is 1.82. The van der Waals surface area contributed by atoms with E-state index in [-0.39, 0.29) is 0 Å². The lowest BCUT2D eigenvalue weighted by molar-refractivity contribution is 0.424. The summed E-state index contributed by atoms with van der Waals surface area (Å²) in [5, 5.41) is 4.67. The van der Waals surface area contributed by atoms with E-state index < -0.39 is 0 Å². The molecule has 0 aromatic heterocycles. The molecule has 0 saturated heterocycles. The molecule has 1 N–H and O–H groups in total. The summed E-state index contributed by atoms with van der Waals surface area (Å²) in [6, 6.07) is 15.4. The third kappa shape index (κ3) is 2.48. The normalized spacial score (nSPS) is 25.1. The molecule has 0 spiro atoms. The fourth-order valence-electron chi connectivity index (χ4n) is 4.13. The molecule has 1 aliphatic carbocycles. The SMILES string of the molecule is CC(C)c1cccc2c1N[C@H](c1ccc(Cl)cc1)[C@@H]1CC=C[C@H]21. The van der Waals surface area contributed by atoms with Crippen LogP contribution in [0.1, 0.15) is 54.8 Å². The van der Waals surface area contributed by atoms with Crippen molar-refractivity contribution in [1.82, 2.24) is 0 Å². The van der Waals surface area contributed by atoms with Gasteiger partial charge in [0.2, 0.25) is 0 Å². The Labute approximate surface area is 143 Å². The van der Waals surface area contributed by atoms with Crippen molar-refractivity contribution in [3.8, 4) is 0 Å². The molecule has 2 aliphatic rings. The first kappa shape index (κ1) is 14.8. The molecule has 118 valence electrons. The Hall–Kier alpha value is -1.73. The molecule has 1 nitrogen and oxygen atoms in total. The van der Waals surface area contributed by atoms with Crippen LogP contribution in [0, 0.1) is 5.92 Å². The second kappa shape index (κ2) is 5.72. The van der Waals surface area contributed by atoms with Gasteiger partial charge in [-0.25, -0.2) is 0 Å². The van der Waals surface area contributed by atoms with E-state index in [1.807, 2.05) is 12.1 Å². The van der Waals surface area contributed by atoms with Gasteiger partial charge in [-0.05, 0) is 47.1 Å². The van der Waals surface area contributed by atoms with Crippen LogP contribution in [0.4, 0.5) is 5.69 Å². The van der Waals surface area contributed by atoms with Crippen molar-refractivity contribution in [2.75, 3.05) is 5.32 Å². The number of allylic oxidation sites excluding steroid dienone is 2. The van der Waals surface area contributed by atoms with Gasteiger partial charge in [0.05, 0.1) is 6.04 Å². The molecule has 2 aromatic carbocycles. The fourth-order valence-corrected chi connectivity index (χ4v) is 4.25. The average molecular weight is 324 g/mol. The predicted octanol–water partition coefficient (Wildman–Crippen LogP) is 6.29. The number of rotatable bonds is 2. The molecule has 0 saturated carbocycles. The van der Waals surface area contributed by atoms with Gasteiger partial charge in [-0.1, -0.05) is 67.9 Å². The monoisotopic (exact) mass is 323 g/mol. The number of anilines is 1. The lowest BCUT2D eigenvalue weighted by atomic mass is 9.75. The maximum Gasteiger partial charge on any atom is 0.0554 e. The predicted molar refractivity (Wildman–Crippen MR) is 98.3 cm³/mol. The van der Waals surface area contributed by atoms with Gasteiger partial charge in [0, 0.05) is 16.6 Å². The van der Waals surface area contributed by atoms with E-state index in [4.69, 9.17) is 11.6 Å². The molecule has 0 unspecified atom stereocenters. The largest absolute Gasteiger partial charge is 0.377 e. The zero-order valence-corrected chi connectivity index (χ0v) is 14.3. The van der Waals surface area contributed by atoms with Gasteiger partial charge in [-0.3, -0.25) is 0 Å². The number of para-hydroxylation sites is 1. The third-order valence-corrected chi connectivity index (χ3v) is 5.53. The van der Waals surface area contributed by atoms with Crippen molar-refractivity contribution in [3.63, 3.8) is 0 Å². The molecule has 3 atom stereocenters. The van der Waals surface area contributed by atoms with Crippen molar-refractivity contribution in [1.29, 1.82) is 0 Å². The van der Waals surface area contributed by atoms with Gasteiger partial charge in [0.1, 0.15) is 0 Å². The van der Waals surface area contributed by atoms with Gasteiger partial charge >= 0.3 is 0 Å². The molecule has 0 fully saturated rings. The van der Waals surface area contributed by atoms with E-state index in [2.05, 4.69) is 61.6 Å². The highest BCUT2D eigenvalue weighted by molar-refractivity contribution is 6.30. The molecule has 23 heavy (non-hydrogen) atoms. The summed E-state index contributed by atoms with van der Waals surface area (Å²) in [4.78, 5) is 0. The second-order valence-electron chi connectivity index (χ2n) is 6.99. The van der Waals surface area contributed by atoms with Gasteiger partial charge in [0.25, 0.3) is 0 Å². The molecule has 2 aromatic rings. The smallest absolute Gasteiger partial charge is 0.0554 e. The molecule has 1 heterocycles. The summed E-state index contributed by atoms with van der Waals surface area (Å²) < 4.78 is 0. The Morgan fingerprint density at radius 3 is 2.61 bits per heavy atom. The summed E-state index contributed by atoms with van der Waals surface area (Å²) in [6.07, 6.45) is 5.88. The first-order chi connectivity index (χ1) is 11.1. The van der Waals surface area contributed by atoms with Crippen LogP contribution in [0.25, 0.3) is 0 Å². The highest BCUT2D eigenvalue weighted by Crippen LogP contribution is 2.51. The van der Waals surface area contributed by atoms with Gasteiger partial charge in [-0.2, -0.15) is 0 Å². The Morgan fingerprint density at radius 1 is 1.09 bits per heavy atom. The maximum atomic E-state index is 6.08. The lowest BCUT2D eigenvalue weighted by Gasteiger charge is -2.39. The average Bonchev–Trinajstić information content (AvgIpc) is 3.04. The first-order valence-electron chi connectivity index (χ1n) is 8.46. The molecule has 2 heteroatoms. The molecule has 0 bridgehead atoms. The van der Waals surface area contributed by atoms with E-state index in [0.29, 0.717) is 23.8 Å². The number of halogens is 1. The van der Waals surface area contributed by atoms with Crippen LogP contribution in [0.15, 0.2) is 54.6 Å². The molecule has 0 radical (unpaired) electrons. The van der Waals surface area contributed by atoms with Gasteiger partial charge in [-0.15, -0.1) is 0 Å². The van der Waals surface area contributed by atoms with E-state index in [1.54, 1.807) is 0 Å². The van der Waals surface area contributed by atoms with E-state index in [1.165, 1.54) is 22.4 Å². The van der Waals surface area contributed by atoms with E-state index >= 15 is 0 Å². The van der Waals surface area contributed by atoms with Crippen LogP contribution in [-0.4, -0.2) is 0 Å². The zero-order valence-electron chi connectivity index (χ0n) is 13.6. The van der Waals surface area contributed by atoms with Crippen molar-refractivity contribution >= 4 is 17.3 Å². The highest BCUT2D eigenvalue weighted by atomic mass is 35.5. The molecule has 4 rings (SSSR count). The minimum absolute atomic E-state index is 0.347. The summed E-state index contributed by atoms with van der Waals surface area (Å²) in [6.45, 7) is 4.54. The minimum atomic E-state index is 0.347. The summed E-state index contributed by atoms with van der Waals surface area (Å²) in [7, 11) is 0. The van der Waals surface area contributed by atoms with Crippen molar-refractivity contribution in [2.45, 2.75) is 38.1 Å². The van der Waals surface area contributed by atoms with Crippen LogP contribution in [0.2, 0.25) is 5.02 Å². The third-order valence-electron chi connectivity index (χ3n) is 5.28. The number of hydrogen-bond acceptors (Lipinski definition) is 1. The number of hydrogen-bond donors (Lipinski definition) is 1. The topological polar surface area (TPSA) is 12.0 Å². The van der Waals surface area contributed by atoms with Gasteiger partial charge in [0.15, 0.2) is 0 Å². The maximum absolute atomic E-state index is 6.08. The van der Waals surface area contributed by atoms with Crippen LogP contribution in [-0.2, 0) is 0 Å². The second-order valence-corrected chi connectivity index (χ2v) is 7.43. The highest BCUT2D eigenvalue weighted by Gasteiger charge is 2.38. The van der Waals surface area contributed by atoms with Crippen LogP contribution in [0.5, 0.6) is 0 Å². The quantitative estimate of drug-likeness (QED) is 0.640. The zero-order chi connectivity index (χ0) is 16.0. The summed E-state index contributed by atoms with van der Waals surface area (Å²) in [5.41, 5.74) is 5.55. The van der Waals surface area contributed by atoms with Crippen molar-refractivity contribution in [3.05, 3.63) is 76.3 Å². The number of benzene rings is 2. The van der Waals surface area contributed by atoms with E-state index in [0.717, 1.165) is 11.4 Å².